The van der Waals surface area contributed by atoms with Gasteiger partial charge in [0.15, 0.2) is 0 Å². The van der Waals surface area contributed by atoms with E-state index < -0.39 is 84.8 Å². The molecule has 0 fully saturated rings. The molecule has 0 aromatic rings. The van der Waals surface area contributed by atoms with Crippen molar-refractivity contribution in [3.8, 4) is 0 Å². The van der Waals surface area contributed by atoms with Crippen molar-refractivity contribution in [3.63, 3.8) is 0 Å². The molecule has 0 unspecified atom stereocenters. The molecule has 228 valence electrons. The van der Waals surface area contributed by atoms with Crippen molar-refractivity contribution in [3.05, 3.63) is 0 Å². The first kappa shape index (κ1) is 38.5. The lowest BCUT2D eigenvalue weighted by atomic mass is 10.1. The monoisotopic (exact) mass is 614 g/mol. The molecular weight excluding hydrogens is 580 g/mol. The van der Waals surface area contributed by atoms with Gasteiger partial charge in [0.25, 0.3) is 0 Å². The van der Waals surface area contributed by atoms with Crippen LogP contribution in [0.2, 0.25) is 0 Å². The minimum absolute atomic E-state index is 0.0256. The van der Waals surface area contributed by atoms with Gasteiger partial charge in [-0.2, -0.15) is 25.3 Å². The Bertz CT molecular complexity index is 922. The third-order valence-corrected chi connectivity index (χ3v) is 5.21. The maximum Gasteiger partial charge on any atom is 0.322 e. The zero-order valence-corrected chi connectivity index (χ0v) is 22.9. The van der Waals surface area contributed by atoms with Crippen LogP contribution >= 0.6 is 25.3 Å². The van der Waals surface area contributed by atoms with Gasteiger partial charge in [-0.25, -0.2) is 0 Å². The molecule has 0 spiro atoms. The molecule has 20 heteroatoms. The smallest absolute Gasteiger partial charge is 0.322 e. The Balaban J connectivity index is 0. The summed E-state index contributed by atoms with van der Waals surface area (Å²) in [7, 11) is 0. The number of nitrogens with two attached hydrogens (primary N) is 2. The number of amides is 4. The quantitative estimate of drug-likeness (QED) is 0.0649. The van der Waals surface area contributed by atoms with Gasteiger partial charge in [-0.05, 0) is 12.8 Å². The molecule has 0 aromatic heterocycles. The van der Waals surface area contributed by atoms with E-state index in [1.165, 1.54) is 0 Å². The van der Waals surface area contributed by atoms with Crippen LogP contribution in [0.25, 0.3) is 0 Å². The summed E-state index contributed by atoms with van der Waals surface area (Å²) >= 11 is 7.74. The van der Waals surface area contributed by atoms with Gasteiger partial charge in [0.2, 0.25) is 23.6 Å². The second kappa shape index (κ2) is 21.2. The molecule has 12 N–H and O–H groups in total. The normalized spacial score (nSPS) is 13.1. The van der Waals surface area contributed by atoms with Crippen molar-refractivity contribution in [2.45, 2.75) is 49.9 Å². The molecule has 0 aromatic carbocycles. The van der Waals surface area contributed by atoms with Crippen molar-refractivity contribution in [2.75, 3.05) is 24.6 Å². The molecule has 4 atom stereocenters. The molecule has 0 rings (SSSR count). The first-order valence-electron chi connectivity index (χ1n) is 11.3. The zero-order valence-electron chi connectivity index (χ0n) is 21.1. The second-order valence-electron chi connectivity index (χ2n) is 7.79. The van der Waals surface area contributed by atoms with E-state index in [4.69, 9.17) is 31.9 Å². The van der Waals surface area contributed by atoms with E-state index in [0.717, 1.165) is 0 Å². The predicted octanol–water partition coefficient (Wildman–Crippen LogP) is -4.41. The van der Waals surface area contributed by atoms with Crippen LogP contribution in [0, 0.1) is 0 Å². The Labute approximate surface area is 238 Å². The Kier molecular flexibility index (Phi) is 20.5. The maximum atomic E-state index is 11.6. The standard InChI is InChI=1S/2C10H17N3O6S/c11-5(10(18)19)1-2-7(14)13-6(4-20)9(17)12-3-8(15)16;11-5(1-2-7(14)15)9(18)13-6(4-20)10(19)12-3-8(16)17/h5-6,20H,1-4,11H2,(H,12,17)(H,13,14)(H,15,16)(H,18,19);5-6,20H,1-4,11H2,(H,12,19)(H,13,18)(H,14,15)(H,16,17)/t2*5-,6-/m00/s1. The highest BCUT2D eigenvalue weighted by Crippen LogP contribution is 1.98. The highest BCUT2D eigenvalue weighted by molar-refractivity contribution is 7.80. The Morgan fingerprint density at radius 2 is 1.02 bits per heavy atom. The van der Waals surface area contributed by atoms with E-state index in [9.17, 15) is 38.4 Å². The van der Waals surface area contributed by atoms with Gasteiger partial charge in [0.1, 0.15) is 31.2 Å². The number of carbonyl (C=O) groups is 8. The molecule has 4 amide bonds. The Morgan fingerprint density at radius 1 is 0.600 bits per heavy atom. The molecule has 0 saturated heterocycles. The highest BCUT2D eigenvalue weighted by Gasteiger charge is 2.23. The Hall–Kier alpha value is -3.62. The largest absolute Gasteiger partial charge is 0.481 e. The van der Waals surface area contributed by atoms with Gasteiger partial charge in [-0.3, -0.25) is 38.4 Å². The van der Waals surface area contributed by atoms with Crippen molar-refractivity contribution >= 4 is 72.8 Å². The first-order chi connectivity index (χ1) is 18.5. The van der Waals surface area contributed by atoms with Gasteiger partial charge < -0.3 is 53.2 Å². The lowest BCUT2D eigenvalue weighted by Gasteiger charge is -2.18. The molecule has 0 aliphatic carbocycles. The van der Waals surface area contributed by atoms with Gasteiger partial charge in [0, 0.05) is 24.3 Å². The summed E-state index contributed by atoms with van der Waals surface area (Å²) in [6.07, 6.45) is -0.580. The van der Waals surface area contributed by atoms with Crippen molar-refractivity contribution in [2.24, 2.45) is 11.5 Å². The second-order valence-corrected chi connectivity index (χ2v) is 8.52. The molecule has 18 nitrogen and oxygen atoms in total. The van der Waals surface area contributed by atoms with Gasteiger partial charge in [-0.15, -0.1) is 0 Å². The molecule has 0 radical (unpaired) electrons. The molecule has 0 saturated carbocycles. The minimum atomic E-state index is -1.22. The van der Waals surface area contributed by atoms with Crippen molar-refractivity contribution in [1.29, 1.82) is 0 Å². The van der Waals surface area contributed by atoms with E-state index in [2.05, 4.69) is 46.5 Å². The van der Waals surface area contributed by atoms with Gasteiger partial charge in [-0.1, -0.05) is 0 Å². The summed E-state index contributed by atoms with van der Waals surface area (Å²) in [5.41, 5.74) is 10.7. The molecule has 0 heterocycles. The average molecular weight is 615 g/mol. The summed E-state index contributed by atoms with van der Waals surface area (Å²) in [4.78, 5) is 87.5. The van der Waals surface area contributed by atoms with E-state index in [1.807, 2.05) is 0 Å². The minimum Gasteiger partial charge on any atom is -0.481 e. The number of carboxylic acids is 4. The first-order valence-corrected chi connectivity index (χ1v) is 12.6. The van der Waals surface area contributed by atoms with Crippen LogP contribution in [-0.4, -0.2) is 117 Å². The number of carbonyl (C=O) groups excluding carboxylic acids is 4. The lowest BCUT2D eigenvalue weighted by Crippen LogP contribution is -2.53. The molecule has 0 aliphatic heterocycles. The summed E-state index contributed by atoms with van der Waals surface area (Å²) in [5.74, 6) is -7.47. The number of hydrogen-bond acceptors (Lipinski definition) is 12. The fourth-order valence-corrected chi connectivity index (χ4v) is 2.84. The third kappa shape index (κ3) is 19.4. The van der Waals surface area contributed by atoms with Crippen LogP contribution in [-0.2, 0) is 38.4 Å². The van der Waals surface area contributed by atoms with Crippen LogP contribution in [0.5, 0.6) is 0 Å². The number of aliphatic carboxylic acids is 4. The number of thiol groups is 2. The topological polar surface area (TPSA) is 318 Å². The molecule has 0 bridgehead atoms. The number of nitrogens with one attached hydrogen (secondary N) is 4. The third-order valence-electron chi connectivity index (χ3n) is 4.48. The van der Waals surface area contributed by atoms with E-state index in [1.54, 1.807) is 0 Å². The Morgan fingerprint density at radius 3 is 1.40 bits per heavy atom. The molecular formula is C20H34N6O12S2. The zero-order chi connectivity index (χ0) is 31.4. The summed E-state index contributed by atoms with van der Waals surface area (Å²) in [5, 5.41) is 42.6. The summed E-state index contributed by atoms with van der Waals surface area (Å²) in [6.45, 7) is -1.15. The fourth-order valence-electron chi connectivity index (χ4n) is 2.33. The number of rotatable bonds is 18. The van der Waals surface area contributed by atoms with E-state index in [-0.39, 0.29) is 37.2 Å². The fraction of sp³-hybridized carbons (Fsp3) is 0.600. The number of hydrogen-bond donors (Lipinski definition) is 12. The van der Waals surface area contributed by atoms with Crippen molar-refractivity contribution < 1.29 is 58.8 Å². The summed E-state index contributed by atoms with van der Waals surface area (Å²) < 4.78 is 0. The summed E-state index contributed by atoms with van der Waals surface area (Å²) in [6, 6.07) is -4.26. The highest BCUT2D eigenvalue weighted by atomic mass is 32.1. The van der Waals surface area contributed by atoms with Crippen LogP contribution in [0.15, 0.2) is 0 Å². The SMILES string of the molecule is N[C@@H](CCC(=O)N[C@@H](CS)C(=O)NCC(=O)O)C(=O)O.N[C@@H](CCC(=O)O)C(=O)N[C@@H](CS)C(=O)NCC(=O)O. The van der Waals surface area contributed by atoms with Crippen LogP contribution in [0.1, 0.15) is 25.7 Å². The maximum absolute atomic E-state index is 11.6. The van der Waals surface area contributed by atoms with Crippen LogP contribution < -0.4 is 32.7 Å². The van der Waals surface area contributed by atoms with Crippen LogP contribution in [0.3, 0.4) is 0 Å². The predicted molar refractivity (Wildman–Crippen MR) is 143 cm³/mol. The average Bonchev–Trinajstić information content (AvgIpc) is 2.88. The van der Waals surface area contributed by atoms with Gasteiger partial charge in [0.05, 0.1) is 6.04 Å². The van der Waals surface area contributed by atoms with Crippen molar-refractivity contribution in [1.82, 2.24) is 21.3 Å². The van der Waals surface area contributed by atoms with Gasteiger partial charge >= 0.3 is 23.9 Å². The van der Waals surface area contributed by atoms with Crippen LogP contribution in [0.4, 0.5) is 0 Å². The van der Waals surface area contributed by atoms with E-state index >= 15 is 0 Å². The van der Waals surface area contributed by atoms with E-state index in [0.29, 0.717) is 0 Å². The lowest BCUT2D eigenvalue weighted by molar-refractivity contribution is -0.139. The number of carboxylic acid groups (broad SMARTS) is 4. The molecule has 40 heavy (non-hydrogen) atoms. The molecule has 0 aliphatic rings.